The SMILES string of the molecule is CC[NH+]1CCN(c2cc(N3CCCCCC3)c([N+](=O)[O-])cc2F)CC1. The summed E-state index contributed by atoms with van der Waals surface area (Å²) in [5.41, 5.74) is 0.981. The molecule has 0 amide bonds. The molecule has 0 atom stereocenters. The lowest BCUT2D eigenvalue weighted by molar-refractivity contribution is -0.898. The normalized spacial score (nSPS) is 19.8. The highest BCUT2D eigenvalue weighted by molar-refractivity contribution is 5.71. The summed E-state index contributed by atoms with van der Waals surface area (Å²) < 4.78 is 14.6. The Bertz CT molecular complexity index is 609. The van der Waals surface area contributed by atoms with Crippen LogP contribution in [0, 0.1) is 15.9 Å². The van der Waals surface area contributed by atoms with Crippen LogP contribution in [0.1, 0.15) is 32.6 Å². The first kappa shape index (κ1) is 17.9. The maximum atomic E-state index is 14.6. The highest BCUT2D eigenvalue weighted by Crippen LogP contribution is 2.36. The molecule has 0 radical (unpaired) electrons. The van der Waals surface area contributed by atoms with Gasteiger partial charge in [-0.15, -0.1) is 0 Å². The number of nitrogens with zero attached hydrogens (tertiary/aromatic N) is 3. The molecule has 2 heterocycles. The molecule has 2 aliphatic rings. The van der Waals surface area contributed by atoms with Crippen LogP contribution < -0.4 is 14.7 Å². The van der Waals surface area contributed by atoms with Crippen molar-refractivity contribution in [1.82, 2.24) is 0 Å². The number of nitro benzene ring substituents is 1. The molecule has 25 heavy (non-hydrogen) atoms. The number of anilines is 2. The summed E-state index contributed by atoms with van der Waals surface area (Å²) in [6, 6.07) is 2.84. The third-order valence-corrected chi connectivity index (χ3v) is 5.50. The first-order chi connectivity index (χ1) is 12.1. The summed E-state index contributed by atoms with van der Waals surface area (Å²) in [7, 11) is 0. The molecule has 0 bridgehead atoms. The van der Waals surface area contributed by atoms with Gasteiger partial charge in [-0.05, 0) is 25.8 Å². The van der Waals surface area contributed by atoms with Gasteiger partial charge in [0.2, 0.25) is 0 Å². The minimum absolute atomic E-state index is 0.110. The van der Waals surface area contributed by atoms with Crippen molar-refractivity contribution < 1.29 is 14.2 Å². The summed E-state index contributed by atoms with van der Waals surface area (Å²) >= 11 is 0. The van der Waals surface area contributed by atoms with E-state index in [1.807, 2.05) is 4.90 Å². The number of nitro groups is 1. The third kappa shape index (κ3) is 4.03. The van der Waals surface area contributed by atoms with Gasteiger partial charge < -0.3 is 14.7 Å². The van der Waals surface area contributed by atoms with Crippen molar-refractivity contribution >= 4 is 17.1 Å². The summed E-state index contributed by atoms with van der Waals surface area (Å²) in [4.78, 5) is 16.6. The minimum Gasteiger partial charge on any atom is -0.366 e. The largest absolute Gasteiger partial charge is 0.366 e. The molecule has 0 unspecified atom stereocenters. The molecule has 6 nitrogen and oxygen atoms in total. The van der Waals surface area contributed by atoms with Crippen LogP contribution in [-0.2, 0) is 0 Å². The molecule has 0 spiro atoms. The van der Waals surface area contributed by atoms with Crippen LogP contribution >= 0.6 is 0 Å². The van der Waals surface area contributed by atoms with Crippen LogP contribution in [0.4, 0.5) is 21.5 Å². The number of rotatable bonds is 4. The van der Waals surface area contributed by atoms with E-state index in [9.17, 15) is 14.5 Å². The Morgan fingerprint density at radius 1 is 1.04 bits per heavy atom. The number of halogens is 1. The van der Waals surface area contributed by atoms with Crippen LogP contribution in [0.25, 0.3) is 0 Å². The Morgan fingerprint density at radius 2 is 1.64 bits per heavy atom. The van der Waals surface area contributed by atoms with Gasteiger partial charge in [-0.1, -0.05) is 12.8 Å². The molecule has 1 aromatic rings. The van der Waals surface area contributed by atoms with Gasteiger partial charge in [0.1, 0.15) is 5.69 Å². The Hall–Kier alpha value is -1.89. The van der Waals surface area contributed by atoms with Gasteiger partial charge in [0.25, 0.3) is 5.69 Å². The van der Waals surface area contributed by atoms with Crippen LogP contribution in [0.5, 0.6) is 0 Å². The maximum absolute atomic E-state index is 14.6. The lowest BCUT2D eigenvalue weighted by atomic mass is 10.1. The van der Waals surface area contributed by atoms with Gasteiger partial charge >= 0.3 is 0 Å². The van der Waals surface area contributed by atoms with Gasteiger partial charge in [0.15, 0.2) is 5.82 Å². The molecule has 2 saturated heterocycles. The first-order valence-corrected chi connectivity index (χ1v) is 9.41. The van der Waals surface area contributed by atoms with Gasteiger partial charge in [0.05, 0.1) is 49.4 Å². The topological polar surface area (TPSA) is 54.1 Å². The summed E-state index contributed by atoms with van der Waals surface area (Å²) in [6.45, 7) is 8.39. The number of likely N-dealkylation sites (N-methyl/N-ethyl adjacent to an activating group) is 1. The van der Waals surface area contributed by atoms with E-state index >= 15 is 0 Å². The predicted octanol–water partition coefficient (Wildman–Crippen LogP) is 1.84. The first-order valence-electron chi connectivity index (χ1n) is 9.41. The highest BCUT2D eigenvalue weighted by atomic mass is 19.1. The molecular formula is C18H28FN4O2+. The molecule has 0 aliphatic carbocycles. The maximum Gasteiger partial charge on any atom is 0.295 e. The lowest BCUT2D eigenvalue weighted by Crippen LogP contribution is -3.14. The standard InChI is InChI=1S/C18H27FN4O2/c1-2-20-9-11-22(12-10-20)16-14-17(18(23(24)25)13-15(16)19)21-7-5-3-4-6-8-21/h13-14H,2-12H2,1H3/p+1. The molecule has 138 valence electrons. The molecule has 3 rings (SSSR count). The van der Waals surface area contributed by atoms with Crippen molar-refractivity contribution in [2.45, 2.75) is 32.6 Å². The monoisotopic (exact) mass is 351 g/mol. The van der Waals surface area contributed by atoms with Crippen LogP contribution in [-0.4, -0.2) is 50.7 Å². The fraction of sp³-hybridized carbons (Fsp3) is 0.667. The van der Waals surface area contributed by atoms with E-state index in [2.05, 4.69) is 11.8 Å². The average Bonchev–Trinajstić information content (AvgIpc) is 2.91. The zero-order valence-electron chi connectivity index (χ0n) is 15.0. The van der Waals surface area contributed by atoms with E-state index in [1.165, 1.54) is 4.90 Å². The van der Waals surface area contributed by atoms with Gasteiger partial charge in [-0.25, -0.2) is 4.39 Å². The second-order valence-electron chi connectivity index (χ2n) is 7.04. The zero-order chi connectivity index (χ0) is 17.8. The van der Waals surface area contributed by atoms with Crippen LogP contribution in [0.15, 0.2) is 12.1 Å². The Morgan fingerprint density at radius 3 is 2.20 bits per heavy atom. The summed E-state index contributed by atoms with van der Waals surface area (Å²) in [5.74, 6) is -0.481. The van der Waals surface area contributed by atoms with Crippen LogP contribution in [0.3, 0.4) is 0 Å². The fourth-order valence-corrected chi connectivity index (χ4v) is 3.91. The van der Waals surface area contributed by atoms with E-state index in [0.29, 0.717) is 11.4 Å². The van der Waals surface area contributed by atoms with Crippen molar-refractivity contribution in [3.63, 3.8) is 0 Å². The number of nitrogens with one attached hydrogen (secondary N) is 1. The van der Waals surface area contributed by atoms with Gasteiger partial charge in [-0.3, -0.25) is 10.1 Å². The summed E-state index contributed by atoms with van der Waals surface area (Å²) in [5, 5.41) is 11.5. The van der Waals surface area contributed by atoms with E-state index in [0.717, 1.165) is 77.6 Å². The summed E-state index contributed by atoms with van der Waals surface area (Å²) in [6.07, 6.45) is 4.37. The Kier molecular flexibility index (Phi) is 5.73. The Labute approximate surface area is 148 Å². The molecule has 1 aromatic carbocycles. The minimum atomic E-state index is -0.481. The second-order valence-corrected chi connectivity index (χ2v) is 7.04. The molecule has 0 aromatic heterocycles. The van der Waals surface area contributed by atoms with Crippen molar-refractivity contribution in [1.29, 1.82) is 0 Å². The quantitative estimate of drug-likeness (QED) is 0.664. The Balaban J connectivity index is 1.91. The predicted molar refractivity (Wildman–Crippen MR) is 97.2 cm³/mol. The van der Waals surface area contributed by atoms with Gasteiger partial charge in [-0.2, -0.15) is 0 Å². The van der Waals surface area contributed by atoms with E-state index in [4.69, 9.17) is 0 Å². The smallest absolute Gasteiger partial charge is 0.295 e. The van der Waals surface area contributed by atoms with Crippen molar-refractivity contribution in [2.24, 2.45) is 0 Å². The average molecular weight is 351 g/mol. The molecular weight excluding hydrogens is 323 g/mol. The number of quaternary nitrogens is 1. The molecule has 0 saturated carbocycles. The fourth-order valence-electron chi connectivity index (χ4n) is 3.91. The number of hydrogen-bond acceptors (Lipinski definition) is 4. The zero-order valence-corrected chi connectivity index (χ0v) is 15.0. The third-order valence-electron chi connectivity index (χ3n) is 5.50. The van der Waals surface area contributed by atoms with E-state index in [-0.39, 0.29) is 5.69 Å². The number of benzene rings is 1. The molecule has 7 heteroatoms. The highest BCUT2D eigenvalue weighted by Gasteiger charge is 2.27. The lowest BCUT2D eigenvalue weighted by Gasteiger charge is -2.34. The van der Waals surface area contributed by atoms with Crippen molar-refractivity contribution in [3.05, 3.63) is 28.1 Å². The van der Waals surface area contributed by atoms with Gasteiger partial charge in [0, 0.05) is 13.1 Å². The molecule has 2 fully saturated rings. The van der Waals surface area contributed by atoms with Crippen molar-refractivity contribution in [3.8, 4) is 0 Å². The number of piperazine rings is 1. The van der Waals surface area contributed by atoms with Crippen LogP contribution in [0.2, 0.25) is 0 Å². The molecule has 2 aliphatic heterocycles. The van der Waals surface area contributed by atoms with Crippen molar-refractivity contribution in [2.75, 3.05) is 55.6 Å². The molecule has 1 N–H and O–H groups in total. The second kappa shape index (κ2) is 7.99. The number of hydrogen-bond donors (Lipinski definition) is 1. The van der Waals surface area contributed by atoms with E-state index in [1.54, 1.807) is 6.07 Å². The van der Waals surface area contributed by atoms with E-state index < -0.39 is 10.7 Å².